The van der Waals surface area contributed by atoms with Crippen molar-refractivity contribution >= 4 is 17.5 Å². The number of imide groups is 1. The summed E-state index contributed by atoms with van der Waals surface area (Å²) < 4.78 is 5.89. The molecule has 1 aromatic carbocycles. The summed E-state index contributed by atoms with van der Waals surface area (Å²) in [4.78, 5) is 23.2. The van der Waals surface area contributed by atoms with Gasteiger partial charge in [0.1, 0.15) is 11.8 Å². The minimum Gasteiger partial charge on any atom is -0.492 e. The van der Waals surface area contributed by atoms with Crippen LogP contribution < -0.4 is 20.7 Å². The lowest BCUT2D eigenvalue weighted by molar-refractivity contribution is -0.133. The molecule has 1 aromatic rings. The van der Waals surface area contributed by atoms with Gasteiger partial charge in [-0.1, -0.05) is 0 Å². The zero-order valence-corrected chi connectivity index (χ0v) is 13.0. The maximum Gasteiger partial charge on any atom is 0.249 e. The molecule has 0 saturated carbocycles. The quantitative estimate of drug-likeness (QED) is 0.707. The van der Waals surface area contributed by atoms with Gasteiger partial charge in [-0.05, 0) is 50.6 Å². The summed E-state index contributed by atoms with van der Waals surface area (Å²) in [7, 11) is 0. The number of ether oxygens (including phenoxy) is 1. The second kappa shape index (κ2) is 5.53. The molecule has 0 aromatic heterocycles. The molecule has 6 nitrogen and oxygen atoms in total. The normalized spacial score (nSPS) is 25.7. The van der Waals surface area contributed by atoms with E-state index in [1.165, 1.54) is 5.56 Å². The first-order chi connectivity index (χ1) is 11.2. The number of carbonyl (C=O) groups is 2. The van der Waals surface area contributed by atoms with E-state index in [2.05, 4.69) is 22.0 Å². The summed E-state index contributed by atoms with van der Waals surface area (Å²) in [5.74, 6) is 0.527. The van der Waals surface area contributed by atoms with Gasteiger partial charge in [-0.3, -0.25) is 14.9 Å². The summed E-state index contributed by atoms with van der Waals surface area (Å²) in [6, 6.07) is 5.71. The molecular formula is C17H21N3O3. The maximum absolute atomic E-state index is 11.9. The fraction of sp³-hybridized carbons (Fsp3) is 0.529. The number of anilines is 1. The van der Waals surface area contributed by atoms with Gasteiger partial charge in [-0.2, -0.15) is 0 Å². The predicted octanol–water partition coefficient (Wildman–Crippen LogP) is 0.917. The van der Waals surface area contributed by atoms with Gasteiger partial charge in [0, 0.05) is 23.1 Å². The lowest BCUT2D eigenvalue weighted by Crippen LogP contribution is -2.47. The Bertz CT molecular complexity index is 647. The van der Waals surface area contributed by atoms with Crippen LogP contribution in [-0.2, 0) is 15.0 Å². The molecule has 3 heterocycles. The lowest BCUT2D eigenvalue weighted by atomic mass is 9.75. The zero-order chi connectivity index (χ0) is 15.9. The van der Waals surface area contributed by atoms with Gasteiger partial charge in [0.05, 0.1) is 6.61 Å². The molecule has 1 unspecified atom stereocenters. The number of hydrogen-bond donors (Lipinski definition) is 3. The van der Waals surface area contributed by atoms with E-state index >= 15 is 0 Å². The molecule has 1 spiro atoms. The van der Waals surface area contributed by atoms with Crippen LogP contribution in [0.3, 0.4) is 0 Å². The Morgan fingerprint density at radius 2 is 2.04 bits per heavy atom. The van der Waals surface area contributed by atoms with E-state index in [0.717, 1.165) is 44.0 Å². The van der Waals surface area contributed by atoms with Crippen molar-refractivity contribution in [1.29, 1.82) is 0 Å². The van der Waals surface area contributed by atoms with Crippen molar-refractivity contribution in [2.24, 2.45) is 0 Å². The van der Waals surface area contributed by atoms with Gasteiger partial charge in [0.15, 0.2) is 0 Å². The second-order valence-corrected chi connectivity index (χ2v) is 6.68. The topological polar surface area (TPSA) is 79.5 Å². The van der Waals surface area contributed by atoms with E-state index in [1.807, 2.05) is 12.1 Å². The van der Waals surface area contributed by atoms with Gasteiger partial charge in [0.25, 0.3) is 0 Å². The first kappa shape index (κ1) is 14.5. The van der Waals surface area contributed by atoms with Crippen molar-refractivity contribution in [3.63, 3.8) is 0 Å². The number of piperidine rings is 2. The maximum atomic E-state index is 11.9. The van der Waals surface area contributed by atoms with Crippen LogP contribution in [0.1, 0.15) is 31.2 Å². The molecular weight excluding hydrogens is 294 g/mol. The van der Waals surface area contributed by atoms with Crippen LogP contribution in [-0.4, -0.2) is 37.6 Å². The standard InChI is InChI=1S/C17H21N3O3/c21-15-4-2-13(16(22)20-15)19-11-1-3-14-12(9-11)17(10-23-14)5-7-18-8-6-17/h1,3,9,13,18-19H,2,4-8,10H2,(H,20,21,22). The molecule has 6 heteroatoms. The molecule has 2 fully saturated rings. The van der Waals surface area contributed by atoms with Gasteiger partial charge in [-0.15, -0.1) is 0 Å². The monoisotopic (exact) mass is 315 g/mol. The molecule has 3 aliphatic heterocycles. The molecule has 0 radical (unpaired) electrons. The minimum absolute atomic E-state index is 0.100. The third-order valence-corrected chi connectivity index (χ3v) is 5.20. The molecule has 0 bridgehead atoms. The fourth-order valence-corrected chi connectivity index (χ4v) is 3.81. The highest BCUT2D eigenvalue weighted by atomic mass is 16.5. The molecule has 122 valence electrons. The average Bonchev–Trinajstić information content (AvgIpc) is 2.89. The van der Waals surface area contributed by atoms with Crippen molar-refractivity contribution in [3.05, 3.63) is 23.8 Å². The molecule has 23 heavy (non-hydrogen) atoms. The highest BCUT2D eigenvalue weighted by Gasteiger charge is 2.41. The minimum atomic E-state index is -0.350. The molecule has 2 saturated heterocycles. The van der Waals surface area contributed by atoms with Crippen molar-refractivity contribution < 1.29 is 14.3 Å². The Kier molecular flexibility index (Phi) is 3.49. The largest absolute Gasteiger partial charge is 0.492 e. The number of rotatable bonds is 2. The van der Waals surface area contributed by atoms with E-state index in [0.29, 0.717) is 12.8 Å². The van der Waals surface area contributed by atoms with Crippen LogP contribution in [0.25, 0.3) is 0 Å². The van der Waals surface area contributed by atoms with E-state index < -0.39 is 0 Å². The molecule has 3 N–H and O–H groups in total. The van der Waals surface area contributed by atoms with Gasteiger partial charge >= 0.3 is 0 Å². The second-order valence-electron chi connectivity index (χ2n) is 6.68. The Hall–Kier alpha value is -2.08. The van der Waals surface area contributed by atoms with Crippen LogP contribution in [0.4, 0.5) is 5.69 Å². The molecule has 0 aliphatic carbocycles. The van der Waals surface area contributed by atoms with E-state index in [1.54, 1.807) is 0 Å². The Balaban J connectivity index is 1.56. The molecule has 3 aliphatic rings. The van der Waals surface area contributed by atoms with Gasteiger partial charge in [0.2, 0.25) is 11.8 Å². The summed E-state index contributed by atoms with van der Waals surface area (Å²) in [5.41, 5.74) is 2.27. The SMILES string of the molecule is O=C1CCC(Nc2ccc3c(c2)C2(CCNCC2)CO3)C(=O)N1. The third kappa shape index (κ3) is 2.57. The third-order valence-electron chi connectivity index (χ3n) is 5.20. The first-order valence-electron chi connectivity index (χ1n) is 8.25. The van der Waals surface area contributed by atoms with Gasteiger partial charge in [-0.25, -0.2) is 0 Å². The average molecular weight is 315 g/mol. The number of benzene rings is 1. The van der Waals surface area contributed by atoms with Crippen molar-refractivity contribution in [2.75, 3.05) is 25.0 Å². The van der Waals surface area contributed by atoms with E-state index in [-0.39, 0.29) is 23.3 Å². The molecule has 4 rings (SSSR count). The lowest BCUT2D eigenvalue weighted by Gasteiger charge is -2.33. The Morgan fingerprint density at radius 1 is 1.22 bits per heavy atom. The first-order valence-corrected chi connectivity index (χ1v) is 8.25. The number of nitrogens with one attached hydrogen (secondary N) is 3. The van der Waals surface area contributed by atoms with Crippen LogP contribution >= 0.6 is 0 Å². The van der Waals surface area contributed by atoms with Crippen molar-refractivity contribution in [2.45, 2.75) is 37.1 Å². The number of carbonyl (C=O) groups excluding carboxylic acids is 2. The molecule has 2 amide bonds. The van der Waals surface area contributed by atoms with Crippen LogP contribution in [0.5, 0.6) is 5.75 Å². The number of hydrogen-bond acceptors (Lipinski definition) is 5. The Morgan fingerprint density at radius 3 is 2.83 bits per heavy atom. The van der Waals surface area contributed by atoms with E-state index in [4.69, 9.17) is 4.74 Å². The fourth-order valence-electron chi connectivity index (χ4n) is 3.81. The molecule has 1 atom stereocenters. The van der Waals surface area contributed by atoms with Crippen molar-refractivity contribution in [3.8, 4) is 5.75 Å². The smallest absolute Gasteiger partial charge is 0.249 e. The Labute approximate surface area is 135 Å². The highest BCUT2D eigenvalue weighted by Crippen LogP contribution is 2.45. The number of amides is 2. The van der Waals surface area contributed by atoms with Crippen LogP contribution in [0, 0.1) is 0 Å². The zero-order valence-electron chi connectivity index (χ0n) is 13.0. The summed E-state index contributed by atoms with van der Waals surface area (Å²) >= 11 is 0. The van der Waals surface area contributed by atoms with Gasteiger partial charge < -0.3 is 15.4 Å². The van der Waals surface area contributed by atoms with Crippen LogP contribution in [0.15, 0.2) is 18.2 Å². The number of fused-ring (bicyclic) bond motifs is 2. The van der Waals surface area contributed by atoms with Crippen molar-refractivity contribution in [1.82, 2.24) is 10.6 Å². The van der Waals surface area contributed by atoms with Crippen LogP contribution in [0.2, 0.25) is 0 Å². The highest BCUT2D eigenvalue weighted by molar-refractivity contribution is 6.01. The van der Waals surface area contributed by atoms with E-state index in [9.17, 15) is 9.59 Å². The summed E-state index contributed by atoms with van der Waals surface area (Å²) in [5, 5.41) is 9.05. The predicted molar refractivity (Wildman–Crippen MR) is 85.5 cm³/mol. The summed E-state index contributed by atoms with van der Waals surface area (Å²) in [6.07, 6.45) is 3.06. The summed E-state index contributed by atoms with van der Waals surface area (Å²) in [6.45, 7) is 2.76.